The minimum Gasteiger partial charge on any atom is -0.483 e. The molecule has 0 heterocycles. The Balaban J connectivity index is 1.70. The summed E-state index contributed by atoms with van der Waals surface area (Å²) in [5, 5.41) is 2.97. The van der Waals surface area contributed by atoms with Gasteiger partial charge < -0.3 is 14.8 Å². The molecule has 0 saturated heterocycles. The summed E-state index contributed by atoms with van der Waals surface area (Å²) in [4.78, 5) is 24.0. The van der Waals surface area contributed by atoms with Crippen molar-refractivity contribution in [3.63, 3.8) is 0 Å². The zero-order valence-corrected chi connectivity index (χ0v) is 15.9. The van der Waals surface area contributed by atoms with E-state index in [-0.39, 0.29) is 12.2 Å². The molecular formula is C22H18ClNO4. The lowest BCUT2D eigenvalue weighted by Crippen LogP contribution is -2.20. The number of hydrogen-bond acceptors (Lipinski definition) is 4. The van der Waals surface area contributed by atoms with Gasteiger partial charge in [-0.15, -0.1) is 0 Å². The maximum Gasteiger partial charge on any atom is 0.337 e. The van der Waals surface area contributed by atoms with E-state index in [0.717, 1.165) is 11.1 Å². The maximum absolute atomic E-state index is 12.3. The molecule has 3 aromatic carbocycles. The topological polar surface area (TPSA) is 64.6 Å². The molecule has 0 aromatic heterocycles. The maximum atomic E-state index is 12.3. The van der Waals surface area contributed by atoms with E-state index < -0.39 is 11.9 Å². The molecule has 0 unspecified atom stereocenters. The highest BCUT2D eigenvalue weighted by Crippen LogP contribution is 2.29. The van der Waals surface area contributed by atoms with E-state index in [1.54, 1.807) is 6.07 Å². The van der Waals surface area contributed by atoms with Crippen LogP contribution in [0, 0.1) is 0 Å². The summed E-state index contributed by atoms with van der Waals surface area (Å²) < 4.78 is 10.4. The fourth-order valence-corrected chi connectivity index (χ4v) is 2.81. The van der Waals surface area contributed by atoms with E-state index in [1.165, 1.54) is 25.3 Å². The van der Waals surface area contributed by atoms with Gasteiger partial charge in [0, 0.05) is 5.56 Å². The van der Waals surface area contributed by atoms with Gasteiger partial charge in [-0.25, -0.2) is 4.79 Å². The van der Waals surface area contributed by atoms with Crippen molar-refractivity contribution < 1.29 is 19.1 Å². The summed E-state index contributed by atoms with van der Waals surface area (Å²) in [5.41, 5.74) is 2.49. The average Bonchev–Trinajstić information content (AvgIpc) is 2.74. The molecule has 0 aliphatic carbocycles. The van der Waals surface area contributed by atoms with E-state index in [1.807, 2.05) is 48.5 Å². The van der Waals surface area contributed by atoms with Gasteiger partial charge in [-0.3, -0.25) is 4.79 Å². The number of anilines is 1. The molecule has 5 nitrogen and oxygen atoms in total. The third-order valence-corrected chi connectivity index (χ3v) is 4.32. The van der Waals surface area contributed by atoms with Crippen molar-refractivity contribution in [3.05, 3.63) is 83.4 Å². The Kier molecular flexibility index (Phi) is 6.29. The normalized spacial score (nSPS) is 10.2. The van der Waals surface area contributed by atoms with Crippen molar-refractivity contribution in [2.75, 3.05) is 19.0 Å². The number of ether oxygens (including phenoxy) is 2. The molecule has 0 aliphatic rings. The molecule has 0 aliphatic heterocycles. The predicted molar refractivity (Wildman–Crippen MR) is 109 cm³/mol. The number of halogens is 1. The Morgan fingerprint density at radius 3 is 2.43 bits per heavy atom. The second-order valence-electron chi connectivity index (χ2n) is 5.89. The summed E-state index contributed by atoms with van der Waals surface area (Å²) >= 11 is 6.10. The number of amides is 1. The molecule has 3 aromatic rings. The Bertz CT molecular complexity index is 989. The standard InChI is InChI=1S/C22H18ClNO4/c1-27-22(26)16-11-12-18(23)19(13-16)24-21(25)14-28-20-10-6-5-9-17(20)15-7-3-2-4-8-15/h2-13H,14H2,1H3,(H,24,25). The summed E-state index contributed by atoms with van der Waals surface area (Å²) in [5.74, 6) is -0.315. The lowest BCUT2D eigenvalue weighted by molar-refractivity contribution is -0.118. The predicted octanol–water partition coefficient (Wildman–Crippen LogP) is 4.81. The summed E-state index contributed by atoms with van der Waals surface area (Å²) in [6.45, 7) is -0.206. The van der Waals surface area contributed by atoms with Gasteiger partial charge in [0.2, 0.25) is 0 Å². The lowest BCUT2D eigenvalue weighted by atomic mass is 10.1. The van der Waals surface area contributed by atoms with Crippen LogP contribution in [0.5, 0.6) is 5.75 Å². The Morgan fingerprint density at radius 2 is 1.68 bits per heavy atom. The molecule has 1 amide bonds. The van der Waals surface area contributed by atoms with Gasteiger partial charge in [0.05, 0.1) is 23.4 Å². The van der Waals surface area contributed by atoms with Crippen LogP contribution in [-0.4, -0.2) is 25.6 Å². The fourth-order valence-electron chi connectivity index (χ4n) is 2.64. The molecule has 28 heavy (non-hydrogen) atoms. The highest BCUT2D eigenvalue weighted by Gasteiger charge is 2.13. The van der Waals surface area contributed by atoms with Crippen molar-refractivity contribution in [3.8, 4) is 16.9 Å². The quantitative estimate of drug-likeness (QED) is 0.608. The van der Waals surface area contributed by atoms with Crippen molar-refractivity contribution in [1.29, 1.82) is 0 Å². The molecule has 0 spiro atoms. The molecule has 0 radical (unpaired) electrons. The monoisotopic (exact) mass is 395 g/mol. The van der Waals surface area contributed by atoms with Gasteiger partial charge in [-0.2, -0.15) is 0 Å². The van der Waals surface area contributed by atoms with Crippen LogP contribution in [0.15, 0.2) is 72.8 Å². The third kappa shape index (κ3) is 4.69. The van der Waals surface area contributed by atoms with Gasteiger partial charge in [0.25, 0.3) is 5.91 Å². The van der Waals surface area contributed by atoms with Gasteiger partial charge in [0.1, 0.15) is 5.75 Å². The number of nitrogens with one attached hydrogen (secondary N) is 1. The van der Waals surface area contributed by atoms with E-state index in [0.29, 0.717) is 16.5 Å². The van der Waals surface area contributed by atoms with Crippen molar-refractivity contribution >= 4 is 29.2 Å². The number of hydrogen-bond donors (Lipinski definition) is 1. The number of esters is 1. The van der Waals surface area contributed by atoms with Gasteiger partial charge in [-0.1, -0.05) is 60.1 Å². The zero-order chi connectivity index (χ0) is 19.9. The first-order valence-electron chi connectivity index (χ1n) is 8.53. The Labute approximate surface area is 167 Å². The third-order valence-electron chi connectivity index (χ3n) is 3.99. The Hall–Kier alpha value is -3.31. The largest absolute Gasteiger partial charge is 0.483 e. The molecule has 3 rings (SSSR count). The van der Waals surface area contributed by atoms with Crippen LogP contribution < -0.4 is 10.1 Å². The van der Waals surface area contributed by atoms with E-state index in [9.17, 15) is 9.59 Å². The number of benzene rings is 3. The van der Waals surface area contributed by atoms with Gasteiger partial charge >= 0.3 is 5.97 Å². The molecule has 0 atom stereocenters. The van der Waals surface area contributed by atoms with E-state index in [4.69, 9.17) is 16.3 Å². The minimum atomic E-state index is -0.514. The smallest absolute Gasteiger partial charge is 0.337 e. The first-order chi connectivity index (χ1) is 13.6. The average molecular weight is 396 g/mol. The van der Waals surface area contributed by atoms with Crippen LogP contribution in [0.1, 0.15) is 10.4 Å². The van der Waals surface area contributed by atoms with Crippen molar-refractivity contribution in [2.24, 2.45) is 0 Å². The highest BCUT2D eigenvalue weighted by molar-refractivity contribution is 6.33. The lowest BCUT2D eigenvalue weighted by Gasteiger charge is -2.13. The highest BCUT2D eigenvalue weighted by atomic mass is 35.5. The number of para-hydroxylation sites is 1. The number of carbonyl (C=O) groups is 2. The summed E-state index contributed by atoms with van der Waals surface area (Å²) in [6.07, 6.45) is 0. The second kappa shape index (κ2) is 9.06. The van der Waals surface area contributed by atoms with Crippen LogP contribution in [0.3, 0.4) is 0 Å². The first kappa shape index (κ1) is 19.5. The zero-order valence-electron chi connectivity index (χ0n) is 15.1. The molecule has 1 N–H and O–H groups in total. The molecule has 0 bridgehead atoms. The van der Waals surface area contributed by atoms with Gasteiger partial charge in [-0.05, 0) is 29.8 Å². The van der Waals surface area contributed by atoms with E-state index in [2.05, 4.69) is 10.1 Å². The Morgan fingerprint density at radius 1 is 0.964 bits per heavy atom. The number of methoxy groups -OCH3 is 1. The molecule has 142 valence electrons. The second-order valence-corrected chi connectivity index (χ2v) is 6.29. The fraction of sp³-hybridized carbons (Fsp3) is 0.0909. The first-order valence-corrected chi connectivity index (χ1v) is 8.91. The van der Waals surface area contributed by atoms with Crippen LogP contribution in [0.25, 0.3) is 11.1 Å². The van der Waals surface area contributed by atoms with Gasteiger partial charge in [0.15, 0.2) is 6.61 Å². The van der Waals surface area contributed by atoms with Crippen LogP contribution in [0.2, 0.25) is 5.02 Å². The number of carbonyl (C=O) groups excluding carboxylic acids is 2. The number of rotatable bonds is 6. The SMILES string of the molecule is COC(=O)c1ccc(Cl)c(NC(=O)COc2ccccc2-c2ccccc2)c1. The minimum absolute atomic E-state index is 0.206. The molecular weight excluding hydrogens is 378 g/mol. The summed E-state index contributed by atoms with van der Waals surface area (Å²) in [7, 11) is 1.28. The van der Waals surface area contributed by atoms with Crippen molar-refractivity contribution in [1.82, 2.24) is 0 Å². The van der Waals surface area contributed by atoms with Crippen LogP contribution in [-0.2, 0) is 9.53 Å². The molecule has 0 saturated carbocycles. The van der Waals surface area contributed by atoms with Crippen LogP contribution >= 0.6 is 11.6 Å². The molecule has 6 heteroatoms. The van der Waals surface area contributed by atoms with E-state index >= 15 is 0 Å². The molecule has 0 fully saturated rings. The van der Waals surface area contributed by atoms with Crippen molar-refractivity contribution in [2.45, 2.75) is 0 Å². The summed E-state index contributed by atoms with van der Waals surface area (Å²) in [6, 6.07) is 21.8. The van der Waals surface area contributed by atoms with Crippen LogP contribution in [0.4, 0.5) is 5.69 Å².